The van der Waals surface area contributed by atoms with Gasteiger partial charge in [-0.15, -0.1) is 0 Å². The molecule has 1 aromatic carbocycles. The smallest absolute Gasteiger partial charge is 0.334 e. The maximum atomic E-state index is 11.6. The average Bonchev–Trinajstić information content (AvgIpc) is 2.75. The van der Waals surface area contributed by atoms with Gasteiger partial charge in [0.15, 0.2) is 6.10 Å². The number of ether oxygens (including phenoxy) is 1. The van der Waals surface area contributed by atoms with Crippen molar-refractivity contribution < 1.29 is 19.4 Å². The first-order chi connectivity index (χ1) is 9.58. The molecule has 0 aromatic heterocycles. The standard InChI is InChI=1S/C13H13NO4S2/c15-11-8-20-13(19)14(11)6-10(12(16)17)18-7-9-4-2-1-3-5-9/h1-5,10H,6-8H2,(H,16,17). The second-order valence-electron chi connectivity index (χ2n) is 4.18. The minimum atomic E-state index is -1.10. The van der Waals surface area contributed by atoms with Gasteiger partial charge >= 0.3 is 5.97 Å². The van der Waals surface area contributed by atoms with E-state index in [1.807, 2.05) is 30.3 Å². The molecule has 0 bridgehead atoms. The maximum Gasteiger partial charge on any atom is 0.334 e. The predicted octanol–water partition coefficient (Wildman–Crippen LogP) is 1.52. The number of benzene rings is 1. The molecular formula is C13H13NO4S2. The molecule has 1 aromatic rings. The van der Waals surface area contributed by atoms with Crippen LogP contribution in [0.4, 0.5) is 0 Å². The van der Waals surface area contributed by atoms with E-state index in [-0.39, 0.29) is 24.8 Å². The number of aliphatic carboxylic acids is 1. The van der Waals surface area contributed by atoms with Gasteiger partial charge in [-0.1, -0.05) is 54.3 Å². The summed E-state index contributed by atoms with van der Waals surface area (Å²) in [6.45, 7) is 0.132. The van der Waals surface area contributed by atoms with Crippen molar-refractivity contribution in [2.45, 2.75) is 12.7 Å². The summed E-state index contributed by atoms with van der Waals surface area (Å²) in [5.41, 5.74) is 0.878. The number of thiocarbonyl (C=S) groups is 1. The highest BCUT2D eigenvalue weighted by Crippen LogP contribution is 2.20. The third-order valence-electron chi connectivity index (χ3n) is 2.76. The van der Waals surface area contributed by atoms with Gasteiger partial charge in [0.25, 0.3) is 0 Å². The number of carbonyl (C=O) groups is 2. The first-order valence-electron chi connectivity index (χ1n) is 5.93. The van der Waals surface area contributed by atoms with Crippen LogP contribution in [0.15, 0.2) is 30.3 Å². The lowest BCUT2D eigenvalue weighted by Gasteiger charge is -2.20. The molecule has 1 saturated heterocycles. The van der Waals surface area contributed by atoms with Gasteiger partial charge in [0.1, 0.15) is 4.32 Å². The number of carbonyl (C=O) groups excluding carboxylic acids is 1. The van der Waals surface area contributed by atoms with Crippen LogP contribution >= 0.6 is 24.0 Å². The molecule has 1 N–H and O–H groups in total. The van der Waals surface area contributed by atoms with Crippen molar-refractivity contribution in [1.82, 2.24) is 4.90 Å². The van der Waals surface area contributed by atoms with E-state index in [1.165, 1.54) is 16.7 Å². The van der Waals surface area contributed by atoms with Crippen molar-refractivity contribution in [2.24, 2.45) is 0 Å². The predicted molar refractivity (Wildman–Crippen MR) is 79.4 cm³/mol. The van der Waals surface area contributed by atoms with E-state index in [9.17, 15) is 14.7 Å². The van der Waals surface area contributed by atoms with Crippen molar-refractivity contribution in [2.75, 3.05) is 12.3 Å². The molecule has 20 heavy (non-hydrogen) atoms. The Hall–Kier alpha value is -1.44. The first kappa shape index (κ1) is 15.0. The van der Waals surface area contributed by atoms with Crippen LogP contribution in [0.1, 0.15) is 5.56 Å². The van der Waals surface area contributed by atoms with Crippen LogP contribution in [0.25, 0.3) is 0 Å². The monoisotopic (exact) mass is 311 g/mol. The summed E-state index contributed by atoms with van der Waals surface area (Å²) < 4.78 is 5.79. The lowest BCUT2D eigenvalue weighted by Crippen LogP contribution is -2.41. The molecule has 0 aliphatic carbocycles. The molecule has 7 heteroatoms. The van der Waals surface area contributed by atoms with Gasteiger partial charge in [-0.2, -0.15) is 0 Å². The van der Waals surface area contributed by atoms with Gasteiger partial charge in [-0.05, 0) is 5.56 Å². The highest BCUT2D eigenvalue weighted by atomic mass is 32.2. The van der Waals surface area contributed by atoms with Crippen molar-refractivity contribution in [3.63, 3.8) is 0 Å². The maximum absolute atomic E-state index is 11.6. The number of amides is 1. The first-order valence-corrected chi connectivity index (χ1v) is 7.33. The van der Waals surface area contributed by atoms with E-state index < -0.39 is 12.1 Å². The molecule has 1 aliphatic heterocycles. The molecule has 1 atom stereocenters. The quantitative estimate of drug-likeness (QED) is 0.804. The van der Waals surface area contributed by atoms with Crippen LogP contribution in [0.5, 0.6) is 0 Å². The molecule has 1 aliphatic rings. The molecule has 1 heterocycles. The summed E-state index contributed by atoms with van der Waals surface area (Å²) in [5, 5.41) is 9.17. The van der Waals surface area contributed by atoms with E-state index in [4.69, 9.17) is 17.0 Å². The normalized spacial score (nSPS) is 16.5. The zero-order valence-electron chi connectivity index (χ0n) is 10.5. The highest BCUT2D eigenvalue weighted by Gasteiger charge is 2.31. The number of hydrogen-bond acceptors (Lipinski definition) is 5. The Balaban J connectivity index is 1.95. The fourth-order valence-electron chi connectivity index (χ4n) is 1.70. The van der Waals surface area contributed by atoms with Crippen molar-refractivity contribution in [3.05, 3.63) is 35.9 Å². The second kappa shape index (κ2) is 6.83. The molecule has 0 radical (unpaired) electrons. The van der Waals surface area contributed by atoms with Crippen molar-refractivity contribution >= 4 is 40.2 Å². The molecular weight excluding hydrogens is 298 g/mol. The Morgan fingerprint density at radius 3 is 2.70 bits per heavy atom. The molecule has 1 fully saturated rings. The van der Waals surface area contributed by atoms with Gasteiger partial charge in [-0.3, -0.25) is 9.69 Å². The van der Waals surface area contributed by atoms with Gasteiger partial charge in [-0.25, -0.2) is 4.79 Å². The SMILES string of the molecule is O=C(O)C(CN1C(=O)CSC1=S)OCc1ccccc1. The third kappa shape index (κ3) is 3.78. The van der Waals surface area contributed by atoms with Crippen LogP contribution < -0.4 is 0 Å². The fraction of sp³-hybridized carbons (Fsp3) is 0.308. The number of hydrogen-bond donors (Lipinski definition) is 1. The third-order valence-corrected chi connectivity index (χ3v) is 4.19. The summed E-state index contributed by atoms with van der Waals surface area (Å²) >= 11 is 6.26. The molecule has 5 nitrogen and oxygen atoms in total. The van der Waals surface area contributed by atoms with Crippen LogP contribution in [0.3, 0.4) is 0 Å². The van der Waals surface area contributed by atoms with Crippen LogP contribution in [0, 0.1) is 0 Å². The van der Waals surface area contributed by atoms with E-state index in [0.717, 1.165) is 5.56 Å². The van der Waals surface area contributed by atoms with Crippen LogP contribution in [-0.2, 0) is 20.9 Å². The Labute approximate surface area is 125 Å². The van der Waals surface area contributed by atoms with Crippen molar-refractivity contribution in [1.29, 1.82) is 0 Å². The van der Waals surface area contributed by atoms with Gasteiger partial charge < -0.3 is 9.84 Å². The number of nitrogens with zero attached hydrogens (tertiary/aromatic N) is 1. The molecule has 0 saturated carbocycles. The summed E-state index contributed by atoms with van der Waals surface area (Å²) in [5.74, 6) is -1.01. The van der Waals surface area contributed by atoms with Crippen molar-refractivity contribution in [3.8, 4) is 0 Å². The van der Waals surface area contributed by atoms with Crippen LogP contribution in [0.2, 0.25) is 0 Å². The number of rotatable bonds is 6. The number of carboxylic acid groups (broad SMARTS) is 1. The second-order valence-corrected chi connectivity index (χ2v) is 5.79. The summed E-state index contributed by atoms with van der Waals surface area (Å²) in [6, 6.07) is 9.27. The molecule has 0 spiro atoms. The van der Waals surface area contributed by atoms with Gasteiger partial charge in [0.2, 0.25) is 5.91 Å². The zero-order chi connectivity index (χ0) is 14.5. The minimum absolute atomic E-state index is 0.0488. The van der Waals surface area contributed by atoms with Crippen LogP contribution in [-0.4, -0.2) is 44.6 Å². The highest BCUT2D eigenvalue weighted by molar-refractivity contribution is 8.23. The molecule has 1 unspecified atom stereocenters. The van der Waals surface area contributed by atoms with Gasteiger partial charge in [0, 0.05) is 0 Å². The number of carboxylic acids is 1. The summed E-state index contributed by atoms with van der Waals surface area (Å²) in [6.07, 6.45) is -1.09. The molecule has 1 amide bonds. The van der Waals surface area contributed by atoms with E-state index >= 15 is 0 Å². The van der Waals surface area contributed by atoms with E-state index in [1.54, 1.807) is 0 Å². The summed E-state index contributed by atoms with van der Waals surface area (Å²) in [4.78, 5) is 24.1. The topological polar surface area (TPSA) is 66.8 Å². The molecule has 2 rings (SSSR count). The van der Waals surface area contributed by atoms with E-state index in [0.29, 0.717) is 4.32 Å². The Bertz CT molecular complexity index is 504. The Morgan fingerprint density at radius 1 is 1.45 bits per heavy atom. The largest absolute Gasteiger partial charge is 0.479 e. The average molecular weight is 311 g/mol. The minimum Gasteiger partial charge on any atom is -0.479 e. The van der Waals surface area contributed by atoms with Gasteiger partial charge in [0.05, 0.1) is 18.9 Å². The molecule has 106 valence electrons. The fourth-order valence-corrected chi connectivity index (χ4v) is 2.78. The Kier molecular flexibility index (Phi) is 5.11. The zero-order valence-corrected chi connectivity index (χ0v) is 12.2. The Morgan fingerprint density at radius 2 is 2.15 bits per heavy atom. The summed E-state index contributed by atoms with van der Waals surface area (Å²) in [7, 11) is 0. The lowest BCUT2D eigenvalue weighted by molar-refractivity contribution is -0.152. The number of thioether (sulfide) groups is 1. The lowest BCUT2D eigenvalue weighted by atomic mass is 10.2. The van der Waals surface area contributed by atoms with E-state index in [2.05, 4.69) is 0 Å².